The standard InChI is InChI=1S/C19H13ClF6N4O3S/c1-10-16(17(31)28-34(2,32)15-6-4-3-5-12(15)18(21,22)23)27-29-30(10)14-8-7-11(9-13(14)20)33-19(24,25)26/h3-9H,1-2H3. The van der Waals surface area contributed by atoms with E-state index in [1.165, 1.54) is 13.0 Å². The molecule has 0 saturated heterocycles. The summed E-state index contributed by atoms with van der Waals surface area (Å²) in [5.41, 5.74) is -1.61. The van der Waals surface area contributed by atoms with E-state index in [1.54, 1.807) is 0 Å². The number of hydrogen-bond acceptors (Lipinski definition) is 5. The molecule has 1 atom stereocenters. The number of nitrogens with zero attached hydrogens (tertiary/aromatic N) is 4. The van der Waals surface area contributed by atoms with Crippen LogP contribution in [0, 0.1) is 6.92 Å². The van der Waals surface area contributed by atoms with Crippen LogP contribution in [0.2, 0.25) is 5.02 Å². The summed E-state index contributed by atoms with van der Waals surface area (Å²) in [5.74, 6) is -1.80. The van der Waals surface area contributed by atoms with Gasteiger partial charge >= 0.3 is 18.4 Å². The van der Waals surface area contributed by atoms with Crippen LogP contribution in [0.5, 0.6) is 5.75 Å². The second-order valence-electron chi connectivity index (χ2n) is 6.79. The van der Waals surface area contributed by atoms with Crippen LogP contribution >= 0.6 is 11.6 Å². The highest BCUT2D eigenvalue weighted by Gasteiger charge is 2.35. The van der Waals surface area contributed by atoms with Gasteiger partial charge in [-0.3, -0.25) is 4.79 Å². The molecule has 0 aliphatic carbocycles. The molecule has 0 bridgehead atoms. The second kappa shape index (κ2) is 8.91. The predicted molar refractivity (Wildman–Crippen MR) is 108 cm³/mol. The molecule has 0 fully saturated rings. The first kappa shape index (κ1) is 25.5. The fourth-order valence-electron chi connectivity index (χ4n) is 2.89. The van der Waals surface area contributed by atoms with Gasteiger partial charge in [0.1, 0.15) is 5.75 Å². The molecule has 15 heteroatoms. The number of halogens is 7. The molecule has 34 heavy (non-hydrogen) atoms. The van der Waals surface area contributed by atoms with Gasteiger partial charge in [0.25, 0.3) is 0 Å². The SMILES string of the molecule is Cc1c(C(=O)N=S(C)(=O)c2ccccc2C(F)(F)F)nnn1-c1ccc(OC(F)(F)F)cc1Cl. The number of hydrogen-bond donors (Lipinski definition) is 0. The van der Waals surface area contributed by atoms with Crippen molar-refractivity contribution in [3.8, 4) is 11.4 Å². The van der Waals surface area contributed by atoms with E-state index in [0.717, 1.165) is 41.3 Å². The number of alkyl halides is 6. The average molecular weight is 527 g/mol. The molecule has 1 unspecified atom stereocenters. The van der Waals surface area contributed by atoms with Crippen LogP contribution in [-0.4, -0.2) is 37.7 Å². The summed E-state index contributed by atoms with van der Waals surface area (Å²) in [4.78, 5) is 12.0. The molecular formula is C19H13ClF6N4O3S. The Labute approximate surface area is 193 Å². The smallest absolute Gasteiger partial charge is 0.406 e. The highest BCUT2D eigenvalue weighted by molar-refractivity contribution is 7.93. The molecule has 1 heterocycles. The van der Waals surface area contributed by atoms with Crippen LogP contribution in [0.3, 0.4) is 0 Å². The van der Waals surface area contributed by atoms with Crippen LogP contribution in [0.15, 0.2) is 51.7 Å². The maximum atomic E-state index is 13.3. The van der Waals surface area contributed by atoms with E-state index in [0.29, 0.717) is 6.07 Å². The van der Waals surface area contributed by atoms with Gasteiger partial charge in [0.15, 0.2) is 5.69 Å². The van der Waals surface area contributed by atoms with Crippen LogP contribution in [0.4, 0.5) is 26.3 Å². The quantitative estimate of drug-likeness (QED) is 0.422. The highest BCUT2D eigenvalue weighted by atomic mass is 35.5. The number of amides is 1. The Morgan fingerprint density at radius 3 is 2.35 bits per heavy atom. The van der Waals surface area contributed by atoms with Crippen molar-refractivity contribution >= 4 is 27.2 Å². The lowest BCUT2D eigenvalue weighted by atomic mass is 10.2. The Bertz CT molecular complexity index is 1380. The van der Waals surface area contributed by atoms with Crippen molar-refractivity contribution in [3.63, 3.8) is 0 Å². The van der Waals surface area contributed by atoms with Crippen LogP contribution in [0.25, 0.3) is 5.69 Å². The molecule has 0 spiro atoms. The number of ether oxygens (including phenoxy) is 1. The Morgan fingerprint density at radius 2 is 1.76 bits per heavy atom. The number of carbonyl (C=O) groups is 1. The van der Waals surface area contributed by atoms with Gasteiger partial charge in [-0.15, -0.1) is 18.3 Å². The van der Waals surface area contributed by atoms with E-state index < -0.39 is 50.1 Å². The van der Waals surface area contributed by atoms with E-state index >= 15 is 0 Å². The molecule has 1 aromatic heterocycles. The van der Waals surface area contributed by atoms with Crippen molar-refractivity contribution in [2.24, 2.45) is 4.36 Å². The molecule has 0 radical (unpaired) electrons. The molecule has 3 aromatic rings. The molecular weight excluding hydrogens is 514 g/mol. The van der Waals surface area contributed by atoms with E-state index in [1.807, 2.05) is 0 Å². The minimum absolute atomic E-state index is 0.000513. The van der Waals surface area contributed by atoms with E-state index in [4.69, 9.17) is 11.6 Å². The average Bonchev–Trinajstić information content (AvgIpc) is 3.07. The summed E-state index contributed by atoms with van der Waals surface area (Å²) in [7, 11) is -3.85. The maximum absolute atomic E-state index is 13.3. The minimum Gasteiger partial charge on any atom is -0.406 e. The van der Waals surface area contributed by atoms with Crippen molar-refractivity contribution in [2.75, 3.05) is 6.26 Å². The van der Waals surface area contributed by atoms with Gasteiger partial charge in [-0.2, -0.15) is 17.5 Å². The van der Waals surface area contributed by atoms with Crippen molar-refractivity contribution in [1.29, 1.82) is 0 Å². The molecule has 3 rings (SSSR count). The summed E-state index contributed by atoms with van der Waals surface area (Å²) < 4.78 is 98.2. The summed E-state index contributed by atoms with van der Waals surface area (Å²) in [6.45, 7) is 1.33. The molecule has 0 saturated carbocycles. The van der Waals surface area contributed by atoms with Gasteiger partial charge in [0.2, 0.25) is 0 Å². The maximum Gasteiger partial charge on any atom is 0.573 e. The first-order valence-electron chi connectivity index (χ1n) is 9.01. The van der Waals surface area contributed by atoms with Crippen LogP contribution in [0.1, 0.15) is 21.7 Å². The zero-order valence-electron chi connectivity index (χ0n) is 17.1. The number of carbonyl (C=O) groups excluding carboxylic acids is 1. The van der Waals surface area contributed by atoms with Gasteiger partial charge in [-0.05, 0) is 31.2 Å². The minimum atomic E-state index is -4.94. The summed E-state index contributed by atoms with van der Waals surface area (Å²) in [6, 6.07) is 6.94. The Morgan fingerprint density at radius 1 is 1.12 bits per heavy atom. The number of rotatable bonds is 4. The molecule has 0 aliphatic heterocycles. The van der Waals surface area contributed by atoms with E-state index in [-0.39, 0.29) is 16.4 Å². The first-order chi connectivity index (χ1) is 15.6. The van der Waals surface area contributed by atoms with Crippen molar-refractivity contribution in [3.05, 3.63) is 64.4 Å². The molecule has 0 N–H and O–H groups in total. The molecule has 182 valence electrons. The van der Waals surface area contributed by atoms with Crippen molar-refractivity contribution in [1.82, 2.24) is 15.0 Å². The molecule has 1 amide bonds. The third kappa shape index (κ3) is 5.50. The van der Waals surface area contributed by atoms with Gasteiger partial charge in [-0.1, -0.05) is 28.9 Å². The third-order valence-corrected chi connectivity index (χ3v) is 6.32. The Balaban J connectivity index is 1.99. The van der Waals surface area contributed by atoms with Crippen molar-refractivity contribution < 1.29 is 40.1 Å². The molecule has 0 aliphatic rings. The molecule has 7 nitrogen and oxygen atoms in total. The summed E-state index contributed by atoms with van der Waals surface area (Å²) in [6.07, 6.45) is -8.88. The van der Waals surface area contributed by atoms with Gasteiger partial charge in [0.05, 0.1) is 36.6 Å². The Hall–Kier alpha value is -3.13. The number of aromatic nitrogens is 3. The normalized spacial score (nSPS) is 13.9. The lowest BCUT2D eigenvalue weighted by Gasteiger charge is -2.13. The first-order valence-corrected chi connectivity index (χ1v) is 11.3. The van der Waals surface area contributed by atoms with Crippen LogP contribution < -0.4 is 4.74 Å². The zero-order valence-corrected chi connectivity index (χ0v) is 18.7. The lowest BCUT2D eigenvalue weighted by Crippen LogP contribution is -2.17. The lowest BCUT2D eigenvalue weighted by molar-refractivity contribution is -0.274. The fourth-order valence-corrected chi connectivity index (χ4v) is 4.57. The van der Waals surface area contributed by atoms with Crippen LogP contribution in [-0.2, 0) is 15.9 Å². The third-order valence-electron chi connectivity index (χ3n) is 4.34. The fraction of sp³-hybridized carbons (Fsp3) is 0.211. The van der Waals surface area contributed by atoms with Gasteiger partial charge in [-0.25, -0.2) is 8.89 Å². The second-order valence-corrected chi connectivity index (χ2v) is 9.42. The summed E-state index contributed by atoms with van der Waals surface area (Å²) >= 11 is 6.00. The van der Waals surface area contributed by atoms with Gasteiger partial charge < -0.3 is 4.74 Å². The van der Waals surface area contributed by atoms with Crippen molar-refractivity contribution in [2.45, 2.75) is 24.4 Å². The Kier molecular flexibility index (Phi) is 6.68. The predicted octanol–water partition coefficient (Wildman–Crippen LogP) is 5.44. The molecule has 2 aromatic carbocycles. The zero-order chi connectivity index (χ0) is 25.5. The largest absolute Gasteiger partial charge is 0.573 e. The summed E-state index contributed by atoms with van der Waals surface area (Å²) in [5, 5.41) is 7.08. The topological polar surface area (TPSA) is 86.4 Å². The number of benzene rings is 2. The van der Waals surface area contributed by atoms with E-state index in [2.05, 4.69) is 19.4 Å². The van der Waals surface area contributed by atoms with E-state index in [9.17, 15) is 35.3 Å². The monoisotopic (exact) mass is 526 g/mol. The van der Waals surface area contributed by atoms with Gasteiger partial charge in [0, 0.05) is 12.3 Å². The highest BCUT2D eigenvalue weighted by Crippen LogP contribution is 2.35.